The van der Waals surface area contributed by atoms with E-state index < -0.39 is 42.5 Å². The van der Waals surface area contributed by atoms with E-state index in [9.17, 15) is 30.0 Å². The minimum Gasteiger partial charge on any atom is -0.361 e. The van der Waals surface area contributed by atoms with Crippen molar-refractivity contribution in [3.8, 4) is 22.5 Å². The van der Waals surface area contributed by atoms with Crippen LogP contribution in [0.25, 0.3) is 33.5 Å². The van der Waals surface area contributed by atoms with Crippen LogP contribution in [0.4, 0.5) is 13.2 Å². The van der Waals surface area contributed by atoms with E-state index in [1.807, 2.05) is 0 Å². The lowest BCUT2D eigenvalue weighted by atomic mass is 10.1. The van der Waals surface area contributed by atoms with Crippen LogP contribution in [0.15, 0.2) is 69.4 Å². The molecular formula is C24H18F3N5O5S2. The van der Waals surface area contributed by atoms with E-state index in [0.29, 0.717) is 23.2 Å². The van der Waals surface area contributed by atoms with Crippen molar-refractivity contribution in [2.75, 3.05) is 6.26 Å². The monoisotopic (exact) mass is 577 g/mol. The van der Waals surface area contributed by atoms with E-state index in [0.717, 1.165) is 16.4 Å². The highest BCUT2D eigenvalue weighted by Gasteiger charge is 2.37. The third kappa shape index (κ3) is 4.57. The molecule has 0 fully saturated rings. The van der Waals surface area contributed by atoms with Gasteiger partial charge in [-0.05, 0) is 38.1 Å². The predicted molar refractivity (Wildman–Crippen MR) is 133 cm³/mol. The molecule has 0 unspecified atom stereocenters. The maximum absolute atomic E-state index is 14.0. The summed E-state index contributed by atoms with van der Waals surface area (Å²) in [6, 6.07) is 10.1. The number of hydrogen-bond donors (Lipinski definition) is 0. The van der Waals surface area contributed by atoms with Crippen LogP contribution in [0, 0.1) is 13.8 Å². The second-order valence-corrected chi connectivity index (χ2v) is 12.3. The molecule has 4 heterocycles. The van der Waals surface area contributed by atoms with E-state index in [1.165, 1.54) is 36.4 Å². The van der Waals surface area contributed by atoms with Gasteiger partial charge in [0.15, 0.2) is 5.65 Å². The Morgan fingerprint density at radius 2 is 1.64 bits per heavy atom. The molecular weight excluding hydrogens is 559 g/mol. The van der Waals surface area contributed by atoms with Crippen molar-refractivity contribution in [2.24, 2.45) is 0 Å². The van der Waals surface area contributed by atoms with Crippen molar-refractivity contribution in [3.05, 3.63) is 71.9 Å². The second-order valence-electron chi connectivity index (χ2n) is 8.61. The Kier molecular flexibility index (Phi) is 6.10. The Hall–Kier alpha value is -4.11. The van der Waals surface area contributed by atoms with Gasteiger partial charge in [-0.15, -0.1) is 0 Å². The molecule has 10 nitrogen and oxygen atoms in total. The number of hydrogen-bond acceptors (Lipinski definition) is 9. The van der Waals surface area contributed by atoms with Crippen LogP contribution in [0.5, 0.6) is 0 Å². The van der Waals surface area contributed by atoms with Crippen LogP contribution in [0.1, 0.15) is 17.0 Å². The molecule has 0 N–H and O–H groups in total. The Bertz CT molecular complexity index is 1950. The first-order valence-electron chi connectivity index (χ1n) is 11.1. The molecule has 0 radical (unpaired) electrons. The average molecular weight is 578 g/mol. The van der Waals surface area contributed by atoms with Crippen LogP contribution in [-0.2, 0) is 26.0 Å². The first-order valence-corrected chi connectivity index (χ1v) is 14.4. The smallest absolute Gasteiger partial charge is 0.361 e. The standard InChI is InChI=1S/C24H18F3N5O5S2/c1-13-20(14(2)37-31-13)19-10-9-16-17(21-18(24(25,26)27)11-28-23(30-21)38(3,33)34)12-32(22(16)29-19)39(35,36)15-7-5-4-6-8-15/h4-12H,1-3H3. The van der Waals surface area contributed by atoms with Gasteiger partial charge in [-0.25, -0.2) is 35.8 Å². The lowest BCUT2D eigenvalue weighted by Gasteiger charge is -2.12. The van der Waals surface area contributed by atoms with Crippen LogP contribution in [0.2, 0.25) is 0 Å². The summed E-state index contributed by atoms with van der Waals surface area (Å²) in [4.78, 5) is 11.4. The fraction of sp³-hybridized carbons (Fsp3) is 0.167. The number of pyridine rings is 1. The number of aryl methyl sites for hydroxylation is 2. The molecule has 5 aromatic rings. The van der Waals surface area contributed by atoms with E-state index in [1.54, 1.807) is 19.9 Å². The maximum atomic E-state index is 14.0. The van der Waals surface area contributed by atoms with Gasteiger partial charge in [0, 0.05) is 29.6 Å². The third-order valence-electron chi connectivity index (χ3n) is 5.87. The van der Waals surface area contributed by atoms with Crippen molar-refractivity contribution < 1.29 is 34.5 Å². The number of sulfone groups is 1. The van der Waals surface area contributed by atoms with Crippen LogP contribution >= 0.6 is 0 Å². The number of fused-ring (bicyclic) bond motifs is 1. The summed E-state index contributed by atoms with van der Waals surface area (Å²) in [5.41, 5.74) is -1.45. The van der Waals surface area contributed by atoms with Crippen LogP contribution in [-0.4, -0.2) is 47.2 Å². The van der Waals surface area contributed by atoms with Crippen LogP contribution < -0.4 is 0 Å². The number of rotatable bonds is 5. The summed E-state index contributed by atoms with van der Waals surface area (Å²) in [5.74, 6) is 0.400. The van der Waals surface area contributed by atoms with E-state index >= 15 is 0 Å². The second kappa shape index (κ2) is 8.98. The molecule has 0 aliphatic carbocycles. The average Bonchev–Trinajstić information content (AvgIpc) is 3.42. The molecule has 0 bridgehead atoms. The lowest BCUT2D eigenvalue weighted by molar-refractivity contribution is -0.137. The number of benzene rings is 1. The summed E-state index contributed by atoms with van der Waals surface area (Å²) in [6.45, 7) is 3.29. The molecule has 0 aliphatic heterocycles. The van der Waals surface area contributed by atoms with Gasteiger partial charge in [0.1, 0.15) is 11.3 Å². The Morgan fingerprint density at radius 1 is 0.949 bits per heavy atom. The van der Waals surface area contributed by atoms with Crippen molar-refractivity contribution in [3.63, 3.8) is 0 Å². The summed E-state index contributed by atoms with van der Waals surface area (Å²) >= 11 is 0. The quantitative estimate of drug-likeness (QED) is 0.278. The third-order valence-corrected chi connectivity index (χ3v) is 8.39. The van der Waals surface area contributed by atoms with Gasteiger partial charge in [-0.2, -0.15) is 13.2 Å². The molecule has 15 heteroatoms. The zero-order chi connectivity index (χ0) is 28.3. The maximum Gasteiger partial charge on any atom is 0.419 e. The molecule has 0 saturated carbocycles. The zero-order valence-electron chi connectivity index (χ0n) is 20.4. The van der Waals surface area contributed by atoms with Crippen molar-refractivity contribution in [2.45, 2.75) is 30.1 Å². The summed E-state index contributed by atoms with van der Waals surface area (Å²) < 4.78 is 99.5. The molecule has 39 heavy (non-hydrogen) atoms. The fourth-order valence-corrected chi connectivity index (χ4v) is 5.94. The van der Waals surface area contributed by atoms with E-state index in [2.05, 4.69) is 20.1 Å². The molecule has 5 rings (SSSR count). The van der Waals surface area contributed by atoms with Gasteiger partial charge in [-0.1, -0.05) is 23.4 Å². The highest BCUT2D eigenvalue weighted by Crippen LogP contribution is 2.40. The van der Waals surface area contributed by atoms with Crippen LogP contribution in [0.3, 0.4) is 0 Å². The number of nitrogens with zero attached hydrogens (tertiary/aromatic N) is 5. The Morgan fingerprint density at radius 3 is 2.23 bits per heavy atom. The Labute approximate surface area is 220 Å². The fourth-order valence-electron chi connectivity index (χ4n) is 4.10. The van der Waals surface area contributed by atoms with Gasteiger partial charge in [0.2, 0.25) is 15.0 Å². The summed E-state index contributed by atoms with van der Waals surface area (Å²) in [6.07, 6.45) is -2.93. The zero-order valence-corrected chi connectivity index (χ0v) is 22.1. The Balaban J connectivity index is 1.90. The van der Waals surface area contributed by atoms with Crippen molar-refractivity contribution in [1.82, 2.24) is 24.1 Å². The molecule has 1 aromatic carbocycles. The topological polar surface area (TPSA) is 138 Å². The number of halogens is 3. The van der Waals surface area contributed by atoms with Gasteiger partial charge in [0.05, 0.1) is 27.5 Å². The summed E-state index contributed by atoms with van der Waals surface area (Å²) in [7, 11) is -8.48. The first-order chi connectivity index (χ1) is 18.2. The minimum atomic E-state index is -4.98. The highest BCUT2D eigenvalue weighted by molar-refractivity contribution is 7.90. The molecule has 0 amide bonds. The van der Waals surface area contributed by atoms with Gasteiger partial charge in [0.25, 0.3) is 10.0 Å². The van der Waals surface area contributed by atoms with Crippen molar-refractivity contribution >= 4 is 30.9 Å². The molecule has 0 saturated heterocycles. The number of aromatic nitrogens is 5. The largest absolute Gasteiger partial charge is 0.419 e. The predicted octanol–water partition coefficient (Wildman–Crippen LogP) is 4.42. The highest BCUT2D eigenvalue weighted by atomic mass is 32.2. The molecule has 0 spiro atoms. The van der Waals surface area contributed by atoms with E-state index in [-0.39, 0.29) is 27.2 Å². The van der Waals surface area contributed by atoms with Crippen molar-refractivity contribution in [1.29, 1.82) is 0 Å². The molecule has 202 valence electrons. The van der Waals surface area contributed by atoms with E-state index in [4.69, 9.17) is 4.52 Å². The number of alkyl halides is 3. The normalized spacial score (nSPS) is 12.8. The minimum absolute atomic E-state index is 0.0198. The summed E-state index contributed by atoms with van der Waals surface area (Å²) in [5, 5.41) is 3.01. The van der Waals surface area contributed by atoms with Gasteiger partial charge >= 0.3 is 6.18 Å². The first kappa shape index (κ1) is 26.5. The molecule has 4 aromatic heterocycles. The molecule has 0 atom stereocenters. The van der Waals surface area contributed by atoms with Gasteiger partial charge in [-0.3, -0.25) is 0 Å². The van der Waals surface area contributed by atoms with Gasteiger partial charge < -0.3 is 4.52 Å². The molecule has 0 aliphatic rings. The lowest BCUT2D eigenvalue weighted by Crippen LogP contribution is -2.14. The SMILES string of the molecule is Cc1noc(C)c1-c1ccc2c(-c3nc(S(C)(=O)=O)ncc3C(F)(F)F)cn(S(=O)(=O)c3ccccc3)c2n1.